The van der Waals surface area contributed by atoms with Gasteiger partial charge in [0.1, 0.15) is 0 Å². The third-order valence-corrected chi connectivity index (χ3v) is 2.58. The molecule has 0 N–H and O–H groups in total. The summed E-state index contributed by atoms with van der Waals surface area (Å²) < 4.78 is 4.49. The highest BCUT2D eigenvalue weighted by molar-refractivity contribution is 6.30. The molecular formula is C12H11ClO4. The molecule has 0 bridgehead atoms. The molecule has 0 heterocycles. The molecule has 0 saturated heterocycles. The summed E-state index contributed by atoms with van der Waals surface area (Å²) in [6, 6.07) is 6.41. The second kappa shape index (κ2) is 6.15. The second-order valence-electron chi connectivity index (χ2n) is 3.40. The van der Waals surface area contributed by atoms with E-state index in [4.69, 9.17) is 11.6 Å². The lowest BCUT2D eigenvalue weighted by molar-refractivity contribution is -0.143. The number of carbonyl (C=O) groups excluding carboxylic acids is 3. The number of hydrogen-bond donors (Lipinski definition) is 0. The summed E-state index contributed by atoms with van der Waals surface area (Å²) in [5.74, 6) is -2.00. The van der Waals surface area contributed by atoms with Gasteiger partial charge in [0.25, 0.3) is 0 Å². The van der Waals surface area contributed by atoms with E-state index in [0.29, 0.717) is 10.6 Å². The first-order valence-electron chi connectivity index (χ1n) is 4.89. The lowest BCUT2D eigenvalue weighted by Gasteiger charge is -2.11. The Balaban J connectivity index is 2.97. The van der Waals surface area contributed by atoms with Crippen molar-refractivity contribution in [1.82, 2.24) is 0 Å². The molecule has 4 nitrogen and oxygen atoms in total. The number of esters is 1. The van der Waals surface area contributed by atoms with E-state index >= 15 is 0 Å². The van der Waals surface area contributed by atoms with Gasteiger partial charge in [-0.25, -0.2) is 0 Å². The van der Waals surface area contributed by atoms with Crippen LogP contribution in [0.4, 0.5) is 0 Å². The van der Waals surface area contributed by atoms with E-state index in [0.717, 1.165) is 0 Å². The highest BCUT2D eigenvalue weighted by atomic mass is 35.5. The molecule has 1 unspecified atom stereocenters. The molecule has 1 aromatic carbocycles. The monoisotopic (exact) mass is 254 g/mol. The standard InChI is InChI=1S/C12H11ClO4/c1-17-12(16)6-10(11(15)7-14)8-2-4-9(13)5-3-8/h2-5,7,10H,6H2,1H3. The molecule has 5 heteroatoms. The van der Waals surface area contributed by atoms with Crippen molar-refractivity contribution < 1.29 is 19.1 Å². The fourth-order valence-electron chi connectivity index (χ4n) is 1.41. The Hall–Kier alpha value is -1.68. The van der Waals surface area contributed by atoms with Crippen molar-refractivity contribution in [2.45, 2.75) is 12.3 Å². The number of aldehydes is 1. The van der Waals surface area contributed by atoms with Crippen LogP contribution >= 0.6 is 11.6 Å². The number of ketones is 1. The lowest BCUT2D eigenvalue weighted by Crippen LogP contribution is -2.18. The summed E-state index contributed by atoms with van der Waals surface area (Å²) >= 11 is 5.72. The first-order chi connectivity index (χ1) is 8.08. The molecule has 0 aliphatic carbocycles. The molecule has 0 fully saturated rings. The zero-order valence-corrected chi connectivity index (χ0v) is 9.94. The fourth-order valence-corrected chi connectivity index (χ4v) is 1.54. The van der Waals surface area contributed by atoms with Crippen LogP contribution in [0.1, 0.15) is 17.9 Å². The topological polar surface area (TPSA) is 60.4 Å². The minimum Gasteiger partial charge on any atom is -0.469 e. The Bertz CT molecular complexity index is 425. The molecule has 0 spiro atoms. The fraction of sp³-hybridized carbons (Fsp3) is 0.250. The number of Topliss-reactive ketones (excluding diaryl/α,β-unsaturated/α-hetero) is 1. The molecular weight excluding hydrogens is 244 g/mol. The molecule has 1 rings (SSSR count). The summed E-state index contributed by atoms with van der Waals surface area (Å²) in [4.78, 5) is 33.1. The average molecular weight is 255 g/mol. The van der Waals surface area contributed by atoms with Gasteiger partial charge in [0.15, 0.2) is 6.29 Å². The number of methoxy groups -OCH3 is 1. The van der Waals surface area contributed by atoms with E-state index < -0.39 is 17.7 Å². The zero-order valence-electron chi connectivity index (χ0n) is 9.18. The van der Waals surface area contributed by atoms with E-state index in [1.54, 1.807) is 24.3 Å². The maximum Gasteiger partial charge on any atom is 0.306 e. The smallest absolute Gasteiger partial charge is 0.306 e. The quantitative estimate of drug-likeness (QED) is 0.456. The highest BCUT2D eigenvalue weighted by Gasteiger charge is 2.23. The van der Waals surface area contributed by atoms with E-state index in [2.05, 4.69) is 4.74 Å². The predicted octanol–water partition coefficient (Wildman–Crippen LogP) is 1.75. The summed E-state index contributed by atoms with van der Waals surface area (Å²) in [5, 5.41) is 0.518. The van der Waals surface area contributed by atoms with Gasteiger partial charge in [0.05, 0.1) is 19.4 Å². The van der Waals surface area contributed by atoms with Crippen LogP contribution in [0.5, 0.6) is 0 Å². The number of rotatable bonds is 5. The minimum atomic E-state index is -0.808. The van der Waals surface area contributed by atoms with Crippen molar-refractivity contribution in [3.8, 4) is 0 Å². The van der Waals surface area contributed by atoms with Gasteiger partial charge in [-0.15, -0.1) is 0 Å². The molecule has 17 heavy (non-hydrogen) atoms. The number of carbonyl (C=O) groups is 3. The van der Waals surface area contributed by atoms with E-state index in [9.17, 15) is 14.4 Å². The van der Waals surface area contributed by atoms with Crippen LogP contribution in [0.15, 0.2) is 24.3 Å². The van der Waals surface area contributed by atoms with Gasteiger partial charge in [-0.1, -0.05) is 23.7 Å². The molecule has 0 aliphatic heterocycles. The van der Waals surface area contributed by atoms with Crippen LogP contribution in [0, 0.1) is 0 Å². The van der Waals surface area contributed by atoms with Gasteiger partial charge in [0, 0.05) is 5.02 Å². The van der Waals surface area contributed by atoms with Crippen molar-refractivity contribution >= 4 is 29.6 Å². The summed E-state index contributed by atoms with van der Waals surface area (Å²) in [6.07, 6.45) is 0.0535. The largest absolute Gasteiger partial charge is 0.469 e. The van der Waals surface area contributed by atoms with Crippen molar-refractivity contribution in [3.05, 3.63) is 34.9 Å². The van der Waals surface area contributed by atoms with Gasteiger partial charge in [-0.05, 0) is 17.7 Å². The number of hydrogen-bond acceptors (Lipinski definition) is 4. The van der Waals surface area contributed by atoms with Crippen LogP contribution in [0.2, 0.25) is 5.02 Å². The molecule has 0 aromatic heterocycles. The van der Waals surface area contributed by atoms with Crippen molar-refractivity contribution in [2.24, 2.45) is 0 Å². The predicted molar refractivity (Wildman–Crippen MR) is 61.9 cm³/mol. The SMILES string of the molecule is COC(=O)CC(C(=O)C=O)c1ccc(Cl)cc1. The summed E-state index contributed by atoms with van der Waals surface area (Å²) in [6.45, 7) is 0. The van der Waals surface area contributed by atoms with Crippen LogP contribution in [-0.4, -0.2) is 25.1 Å². The Morgan fingerprint density at radius 2 is 1.94 bits per heavy atom. The highest BCUT2D eigenvalue weighted by Crippen LogP contribution is 2.22. The van der Waals surface area contributed by atoms with Crippen LogP contribution in [-0.2, 0) is 19.1 Å². The molecule has 0 saturated carbocycles. The maximum atomic E-state index is 11.4. The summed E-state index contributed by atoms with van der Waals surface area (Å²) in [7, 11) is 1.23. The second-order valence-corrected chi connectivity index (χ2v) is 3.84. The molecule has 1 atom stereocenters. The molecule has 0 aliphatic rings. The van der Waals surface area contributed by atoms with Crippen molar-refractivity contribution in [3.63, 3.8) is 0 Å². The molecule has 0 radical (unpaired) electrons. The molecule has 0 amide bonds. The molecule has 90 valence electrons. The summed E-state index contributed by atoms with van der Waals surface area (Å²) in [5.41, 5.74) is 0.567. The van der Waals surface area contributed by atoms with Crippen LogP contribution < -0.4 is 0 Å². The number of ether oxygens (including phenoxy) is 1. The van der Waals surface area contributed by atoms with Crippen LogP contribution in [0.3, 0.4) is 0 Å². The number of benzene rings is 1. The first kappa shape index (κ1) is 13.4. The Morgan fingerprint density at radius 1 is 1.35 bits per heavy atom. The van der Waals surface area contributed by atoms with E-state index in [1.807, 2.05) is 0 Å². The van der Waals surface area contributed by atoms with Gasteiger partial charge in [-0.2, -0.15) is 0 Å². The van der Waals surface area contributed by atoms with Gasteiger partial charge in [-0.3, -0.25) is 14.4 Å². The number of halogens is 1. The minimum absolute atomic E-state index is 0.157. The van der Waals surface area contributed by atoms with Crippen LogP contribution in [0.25, 0.3) is 0 Å². The van der Waals surface area contributed by atoms with Gasteiger partial charge >= 0.3 is 5.97 Å². The maximum absolute atomic E-state index is 11.4. The average Bonchev–Trinajstić information content (AvgIpc) is 2.36. The zero-order chi connectivity index (χ0) is 12.8. The normalized spacial score (nSPS) is 11.6. The Morgan fingerprint density at radius 3 is 2.41 bits per heavy atom. The Labute approximate surface area is 104 Å². The lowest BCUT2D eigenvalue weighted by atomic mass is 9.92. The Kier molecular flexibility index (Phi) is 4.84. The van der Waals surface area contributed by atoms with Gasteiger partial charge in [0.2, 0.25) is 5.78 Å². The van der Waals surface area contributed by atoms with Crippen molar-refractivity contribution in [1.29, 1.82) is 0 Å². The van der Waals surface area contributed by atoms with E-state index in [1.165, 1.54) is 7.11 Å². The van der Waals surface area contributed by atoms with E-state index in [-0.39, 0.29) is 12.7 Å². The van der Waals surface area contributed by atoms with Crippen molar-refractivity contribution in [2.75, 3.05) is 7.11 Å². The molecule has 1 aromatic rings. The third kappa shape index (κ3) is 3.67. The van der Waals surface area contributed by atoms with Gasteiger partial charge < -0.3 is 4.74 Å². The first-order valence-corrected chi connectivity index (χ1v) is 5.27. The third-order valence-electron chi connectivity index (χ3n) is 2.33.